The van der Waals surface area contributed by atoms with Crippen LogP contribution in [0.1, 0.15) is 78.2 Å². The Morgan fingerprint density at radius 1 is 0.882 bits per heavy atom. The number of carbonyl (C=O) groups is 2. The van der Waals surface area contributed by atoms with Gasteiger partial charge in [0.2, 0.25) is 0 Å². The first-order chi connectivity index (χ1) is 16.1. The lowest BCUT2D eigenvalue weighted by Gasteiger charge is -2.49. The summed E-state index contributed by atoms with van der Waals surface area (Å²) in [5, 5.41) is 0. The number of hydrogen-bond donors (Lipinski definition) is 0. The number of allylic oxidation sites excluding steroid dienone is 4. The largest absolute Gasteiger partial charge is 0.494 e. The molecule has 0 aromatic heterocycles. The summed E-state index contributed by atoms with van der Waals surface area (Å²) in [7, 11) is 1.72. The van der Waals surface area contributed by atoms with Gasteiger partial charge in [-0.15, -0.1) is 0 Å². The summed E-state index contributed by atoms with van der Waals surface area (Å²) in [4.78, 5) is 29.8. The zero-order chi connectivity index (χ0) is 24.7. The number of methoxy groups -OCH3 is 1. The molecule has 0 atom stereocenters. The minimum Gasteiger partial charge on any atom is -0.494 e. The van der Waals surface area contributed by atoms with Crippen molar-refractivity contribution in [1.82, 2.24) is 4.90 Å². The average Bonchev–Trinajstić information content (AvgIpc) is 2.73. The van der Waals surface area contributed by atoms with Crippen LogP contribution in [-0.2, 0) is 14.3 Å². The van der Waals surface area contributed by atoms with Gasteiger partial charge < -0.3 is 14.4 Å². The van der Waals surface area contributed by atoms with Crippen LogP contribution in [0.2, 0.25) is 0 Å². The van der Waals surface area contributed by atoms with Crippen LogP contribution >= 0.6 is 0 Å². The van der Waals surface area contributed by atoms with E-state index >= 15 is 0 Å². The Morgan fingerprint density at radius 3 is 1.88 bits per heavy atom. The van der Waals surface area contributed by atoms with Crippen molar-refractivity contribution in [2.75, 3.05) is 26.9 Å². The second-order valence-electron chi connectivity index (χ2n) is 11.5. The molecule has 0 saturated heterocycles. The Morgan fingerprint density at radius 2 is 1.41 bits per heavy atom. The van der Waals surface area contributed by atoms with Crippen LogP contribution < -0.4 is 4.74 Å². The molecule has 0 fully saturated rings. The first kappa shape index (κ1) is 24.7. The molecule has 0 amide bonds. The summed E-state index contributed by atoms with van der Waals surface area (Å²) in [6, 6.07) is 7.98. The van der Waals surface area contributed by atoms with E-state index < -0.39 is 0 Å². The van der Waals surface area contributed by atoms with E-state index in [1.807, 2.05) is 31.2 Å². The Balaban J connectivity index is 1.90. The number of hydrogen-bond acceptors (Lipinski definition) is 5. The van der Waals surface area contributed by atoms with E-state index in [1.165, 1.54) is 0 Å². The van der Waals surface area contributed by atoms with E-state index in [1.54, 1.807) is 7.11 Å². The monoisotopic (exact) mass is 465 g/mol. The molecule has 0 N–H and O–H groups in total. The van der Waals surface area contributed by atoms with Crippen molar-refractivity contribution >= 4 is 11.6 Å². The second-order valence-corrected chi connectivity index (χ2v) is 11.5. The van der Waals surface area contributed by atoms with Gasteiger partial charge in [-0.25, -0.2) is 0 Å². The highest BCUT2D eigenvalue weighted by molar-refractivity contribution is 6.06. The summed E-state index contributed by atoms with van der Waals surface area (Å²) in [5.74, 6) is 0.850. The van der Waals surface area contributed by atoms with Gasteiger partial charge in [0.25, 0.3) is 0 Å². The van der Waals surface area contributed by atoms with Gasteiger partial charge in [0.15, 0.2) is 11.6 Å². The molecule has 1 aromatic rings. The van der Waals surface area contributed by atoms with Crippen molar-refractivity contribution in [3.8, 4) is 5.75 Å². The van der Waals surface area contributed by atoms with Crippen molar-refractivity contribution in [1.29, 1.82) is 0 Å². The van der Waals surface area contributed by atoms with E-state index in [4.69, 9.17) is 9.47 Å². The predicted molar refractivity (Wildman–Crippen MR) is 134 cm³/mol. The van der Waals surface area contributed by atoms with Crippen molar-refractivity contribution in [2.45, 2.75) is 72.6 Å². The molecule has 0 radical (unpaired) electrons. The Kier molecular flexibility index (Phi) is 6.78. The number of nitrogens with zero attached hydrogens (tertiary/aromatic N) is 1. The van der Waals surface area contributed by atoms with Gasteiger partial charge in [0.1, 0.15) is 5.75 Å². The molecule has 184 valence electrons. The van der Waals surface area contributed by atoms with Gasteiger partial charge in [0.05, 0.1) is 6.61 Å². The summed E-state index contributed by atoms with van der Waals surface area (Å²) < 4.78 is 11.0. The first-order valence-corrected chi connectivity index (χ1v) is 12.6. The third-order valence-corrected chi connectivity index (χ3v) is 7.28. The summed E-state index contributed by atoms with van der Waals surface area (Å²) in [6.07, 6.45) is 3.53. The van der Waals surface area contributed by atoms with Gasteiger partial charge in [0, 0.05) is 61.6 Å². The van der Waals surface area contributed by atoms with Crippen molar-refractivity contribution < 1.29 is 19.1 Å². The second kappa shape index (κ2) is 9.33. The van der Waals surface area contributed by atoms with Crippen molar-refractivity contribution in [3.05, 3.63) is 52.4 Å². The van der Waals surface area contributed by atoms with Crippen LogP contribution in [-0.4, -0.2) is 43.3 Å². The van der Waals surface area contributed by atoms with Crippen LogP contribution in [0.15, 0.2) is 46.8 Å². The molecular formula is C29H39NO4. The van der Waals surface area contributed by atoms with Crippen LogP contribution in [0.3, 0.4) is 0 Å². The first-order valence-electron chi connectivity index (χ1n) is 12.6. The van der Waals surface area contributed by atoms with E-state index in [-0.39, 0.29) is 28.3 Å². The molecule has 34 heavy (non-hydrogen) atoms. The molecule has 5 nitrogen and oxygen atoms in total. The smallest absolute Gasteiger partial charge is 0.162 e. The molecule has 0 spiro atoms. The number of benzene rings is 1. The van der Waals surface area contributed by atoms with E-state index in [9.17, 15) is 9.59 Å². The number of rotatable bonds is 7. The SMILES string of the molecule is CCOc1ccc(C2C3=C(CC(C)(C)CC3=O)N(CCCOC)C3=C2C(=O)CC(C)(C)C3)cc1. The zero-order valence-electron chi connectivity index (χ0n) is 21.6. The molecule has 5 heteroatoms. The molecule has 3 aliphatic rings. The number of Topliss-reactive ketones (excluding diaryl/α,β-unsaturated/α-hetero) is 2. The zero-order valence-corrected chi connectivity index (χ0v) is 21.6. The molecule has 1 aliphatic heterocycles. The quantitative estimate of drug-likeness (QED) is 0.476. The third kappa shape index (κ3) is 4.72. The molecule has 1 heterocycles. The fourth-order valence-corrected chi connectivity index (χ4v) is 5.94. The van der Waals surface area contributed by atoms with Crippen molar-refractivity contribution in [2.24, 2.45) is 10.8 Å². The lowest BCUT2D eigenvalue weighted by molar-refractivity contribution is -0.119. The maximum absolute atomic E-state index is 13.7. The standard InChI is InChI=1S/C29H39NO4/c1-7-34-20-11-9-19(10-12-20)25-26-21(15-28(2,3)17-23(26)31)30(13-8-14-33-6)22-16-29(4,5)18-24(32)27(22)25/h9-12,25H,7-8,13-18H2,1-6H3. The van der Waals surface area contributed by atoms with E-state index in [2.05, 4.69) is 32.6 Å². The maximum Gasteiger partial charge on any atom is 0.162 e. The van der Waals surface area contributed by atoms with Gasteiger partial charge in [-0.05, 0) is 54.7 Å². The number of carbonyl (C=O) groups excluding carboxylic acids is 2. The normalized spacial score (nSPS) is 22.1. The Labute approximate surface area is 204 Å². The lowest BCUT2D eigenvalue weighted by Crippen LogP contribution is -2.44. The Bertz CT molecular complexity index is 975. The minimum absolute atomic E-state index is 0.106. The average molecular weight is 466 g/mol. The molecule has 1 aromatic carbocycles. The predicted octanol–water partition coefficient (Wildman–Crippen LogP) is 5.81. The highest BCUT2D eigenvalue weighted by atomic mass is 16.5. The van der Waals surface area contributed by atoms with Crippen LogP contribution in [0, 0.1) is 10.8 Å². The van der Waals surface area contributed by atoms with Gasteiger partial charge in [-0.3, -0.25) is 9.59 Å². The number of ketones is 2. The fraction of sp³-hybridized carbons (Fsp3) is 0.586. The number of ether oxygens (including phenoxy) is 2. The summed E-state index contributed by atoms with van der Waals surface area (Å²) in [6.45, 7) is 12.7. The highest BCUT2D eigenvalue weighted by Gasteiger charge is 2.48. The third-order valence-electron chi connectivity index (χ3n) is 7.28. The molecule has 2 aliphatic carbocycles. The van der Waals surface area contributed by atoms with E-state index in [0.717, 1.165) is 59.7 Å². The molecule has 0 unspecified atom stereocenters. The summed E-state index contributed by atoms with van der Waals surface area (Å²) >= 11 is 0. The molecule has 0 saturated carbocycles. The van der Waals surface area contributed by atoms with E-state index in [0.29, 0.717) is 26.1 Å². The van der Waals surface area contributed by atoms with Gasteiger partial charge >= 0.3 is 0 Å². The fourth-order valence-electron chi connectivity index (χ4n) is 5.94. The maximum atomic E-state index is 13.7. The highest BCUT2D eigenvalue weighted by Crippen LogP contribution is 2.54. The van der Waals surface area contributed by atoms with Crippen LogP contribution in [0.4, 0.5) is 0 Å². The van der Waals surface area contributed by atoms with Crippen LogP contribution in [0.25, 0.3) is 0 Å². The van der Waals surface area contributed by atoms with Gasteiger partial charge in [-0.2, -0.15) is 0 Å². The van der Waals surface area contributed by atoms with Crippen LogP contribution in [0.5, 0.6) is 5.75 Å². The minimum atomic E-state index is -0.299. The van der Waals surface area contributed by atoms with Gasteiger partial charge in [-0.1, -0.05) is 39.8 Å². The topological polar surface area (TPSA) is 55.8 Å². The molecule has 4 rings (SSSR count). The Hall–Kier alpha value is -2.40. The molecule has 0 bridgehead atoms. The van der Waals surface area contributed by atoms with Crippen molar-refractivity contribution in [3.63, 3.8) is 0 Å². The lowest BCUT2D eigenvalue weighted by atomic mass is 9.63. The summed E-state index contributed by atoms with van der Waals surface area (Å²) in [5.41, 5.74) is 4.67. The molecular weight excluding hydrogens is 426 g/mol.